The lowest BCUT2D eigenvalue weighted by atomic mass is 10.1. The van der Waals surface area contributed by atoms with E-state index in [1.54, 1.807) is 6.92 Å². The molecule has 1 aliphatic rings. The van der Waals surface area contributed by atoms with E-state index in [0.29, 0.717) is 13.2 Å². The Labute approximate surface area is 149 Å². The van der Waals surface area contributed by atoms with Crippen molar-refractivity contribution in [2.45, 2.75) is 26.7 Å². The summed E-state index contributed by atoms with van der Waals surface area (Å²) in [5.74, 6) is 1.88. The maximum Gasteiger partial charge on any atom is 0.159 e. The first-order valence-corrected chi connectivity index (χ1v) is 8.86. The quantitative estimate of drug-likeness (QED) is 0.558. The van der Waals surface area contributed by atoms with E-state index >= 15 is 0 Å². The van der Waals surface area contributed by atoms with Crippen LogP contribution in [0.3, 0.4) is 0 Å². The maximum atomic E-state index is 11.6. The summed E-state index contributed by atoms with van der Waals surface area (Å²) in [5, 5.41) is 0. The van der Waals surface area contributed by atoms with Crippen molar-refractivity contribution in [1.29, 1.82) is 0 Å². The molecule has 4 nitrogen and oxygen atoms in total. The van der Waals surface area contributed by atoms with Crippen LogP contribution in [0.15, 0.2) is 42.5 Å². The van der Waals surface area contributed by atoms with Gasteiger partial charge in [-0.25, -0.2) is 0 Å². The van der Waals surface area contributed by atoms with Gasteiger partial charge in [-0.2, -0.15) is 0 Å². The van der Waals surface area contributed by atoms with Crippen molar-refractivity contribution >= 4 is 11.5 Å². The predicted molar refractivity (Wildman–Crippen MR) is 100 cm³/mol. The highest BCUT2D eigenvalue weighted by Gasteiger charge is 2.18. The molecule has 0 bridgehead atoms. The monoisotopic (exact) mass is 339 g/mol. The Morgan fingerprint density at radius 1 is 1.20 bits per heavy atom. The molecular weight excluding hydrogens is 314 g/mol. The summed E-state index contributed by atoms with van der Waals surface area (Å²) in [6.45, 7) is 6.86. The van der Waals surface area contributed by atoms with Gasteiger partial charge in [-0.1, -0.05) is 12.1 Å². The zero-order valence-electron chi connectivity index (χ0n) is 15.0. The number of hydrogen-bond donors (Lipinski definition) is 0. The standard InChI is InChI=1S/C21H25NO3/c1-16-6-5-7-19(14-16)24-12-4-3-10-22-11-13-25-21-9-8-18(17(2)23)15-20(21)22/h5-9,14-15H,3-4,10-13H2,1-2H3. The van der Waals surface area contributed by atoms with Crippen LogP contribution in [0.2, 0.25) is 0 Å². The number of aryl methyl sites for hydroxylation is 1. The van der Waals surface area contributed by atoms with Crippen molar-refractivity contribution in [3.63, 3.8) is 0 Å². The van der Waals surface area contributed by atoms with Crippen LogP contribution >= 0.6 is 0 Å². The topological polar surface area (TPSA) is 38.8 Å². The number of carbonyl (C=O) groups is 1. The zero-order valence-corrected chi connectivity index (χ0v) is 15.0. The Balaban J connectivity index is 1.51. The van der Waals surface area contributed by atoms with Crippen molar-refractivity contribution in [3.8, 4) is 11.5 Å². The largest absolute Gasteiger partial charge is 0.494 e. The molecule has 0 aliphatic carbocycles. The average molecular weight is 339 g/mol. The minimum Gasteiger partial charge on any atom is -0.494 e. The molecule has 0 unspecified atom stereocenters. The molecule has 0 saturated carbocycles. The summed E-state index contributed by atoms with van der Waals surface area (Å²) < 4.78 is 11.5. The zero-order chi connectivity index (χ0) is 17.6. The van der Waals surface area contributed by atoms with Crippen LogP contribution in [-0.2, 0) is 0 Å². The summed E-state index contributed by atoms with van der Waals surface area (Å²) in [5.41, 5.74) is 2.97. The molecule has 132 valence electrons. The Hall–Kier alpha value is -2.49. The minimum atomic E-state index is 0.0832. The maximum absolute atomic E-state index is 11.6. The fourth-order valence-electron chi connectivity index (χ4n) is 3.02. The van der Waals surface area contributed by atoms with E-state index in [2.05, 4.69) is 24.0 Å². The summed E-state index contributed by atoms with van der Waals surface area (Å²) in [4.78, 5) is 13.9. The van der Waals surface area contributed by atoms with Crippen LogP contribution in [0.25, 0.3) is 0 Å². The molecule has 25 heavy (non-hydrogen) atoms. The van der Waals surface area contributed by atoms with Crippen LogP contribution in [-0.4, -0.2) is 32.1 Å². The molecule has 0 N–H and O–H groups in total. The van der Waals surface area contributed by atoms with Crippen molar-refractivity contribution in [2.75, 3.05) is 31.2 Å². The molecule has 2 aromatic rings. The van der Waals surface area contributed by atoms with Gasteiger partial charge in [0.25, 0.3) is 0 Å². The van der Waals surface area contributed by atoms with E-state index < -0.39 is 0 Å². The SMILES string of the molecule is CC(=O)c1ccc2c(c1)N(CCCCOc1cccc(C)c1)CCO2. The number of ether oxygens (including phenoxy) is 2. The van der Waals surface area contributed by atoms with Gasteiger partial charge in [0.1, 0.15) is 18.1 Å². The number of nitrogens with zero attached hydrogens (tertiary/aromatic N) is 1. The van der Waals surface area contributed by atoms with Gasteiger partial charge < -0.3 is 14.4 Å². The molecule has 1 aliphatic heterocycles. The second kappa shape index (κ2) is 8.06. The molecule has 0 atom stereocenters. The van der Waals surface area contributed by atoms with Crippen LogP contribution in [0.1, 0.15) is 35.7 Å². The summed E-state index contributed by atoms with van der Waals surface area (Å²) in [6.07, 6.45) is 2.03. The molecule has 0 fully saturated rings. The first-order chi connectivity index (χ1) is 12.1. The Morgan fingerprint density at radius 2 is 2.08 bits per heavy atom. The number of benzene rings is 2. The third-order valence-corrected chi connectivity index (χ3v) is 4.41. The Bertz CT molecular complexity index is 742. The van der Waals surface area contributed by atoms with Gasteiger partial charge in [-0.15, -0.1) is 0 Å². The van der Waals surface area contributed by atoms with E-state index in [0.717, 1.165) is 48.7 Å². The number of anilines is 1. The number of hydrogen-bond acceptors (Lipinski definition) is 4. The fourth-order valence-corrected chi connectivity index (χ4v) is 3.02. The van der Waals surface area contributed by atoms with E-state index in [1.165, 1.54) is 5.56 Å². The van der Waals surface area contributed by atoms with E-state index in [1.807, 2.05) is 30.3 Å². The van der Waals surface area contributed by atoms with Gasteiger partial charge >= 0.3 is 0 Å². The number of unbranched alkanes of at least 4 members (excludes halogenated alkanes) is 1. The van der Waals surface area contributed by atoms with Crippen molar-refractivity contribution in [1.82, 2.24) is 0 Å². The third-order valence-electron chi connectivity index (χ3n) is 4.41. The molecule has 0 saturated heterocycles. The number of ketones is 1. The lowest BCUT2D eigenvalue weighted by Gasteiger charge is -2.31. The molecular formula is C21H25NO3. The summed E-state index contributed by atoms with van der Waals surface area (Å²) >= 11 is 0. The van der Waals surface area contributed by atoms with E-state index in [-0.39, 0.29) is 5.78 Å². The summed E-state index contributed by atoms with van der Waals surface area (Å²) in [7, 11) is 0. The Kier molecular flexibility index (Phi) is 5.59. The van der Waals surface area contributed by atoms with Crippen LogP contribution in [0.5, 0.6) is 11.5 Å². The lowest BCUT2D eigenvalue weighted by Crippen LogP contribution is -2.33. The van der Waals surface area contributed by atoms with Gasteiger partial charge in [-0.05, 0) is 62.6 Å². The van der Waals surface area contributed by atoms with Gasteiger partial charge in [0.15, 0.2) is 5.78 Å². The fraction of sp³-hybridized carbons (Fsp3) is 0.381. The molecule has 0 spiro atoms. The molecule has 2 aromatic carbocycles. The average Bonchev–Trinajstić information content (AvgIpc) is 2.61. The normalized spacial score (nSPS) is 13.1. The predicted octanol–water partition coefficient (Wildman–Crippen LogP) is 4.26. The van der Waals surface area contributed by atoms with Crippen molar-refractivity contribution in [3.05, 3.63) is 53.6 Å². The molecule has 0 radical (unpaired) electrons. The second-order valence-corrected chi connectivity index (χ2v) is 6.45. The highest BCUT2D eigenvalue weighted by Crippen LogP contribution is 2.32. The number of rotatable bonds is 7. The third kappa shape index (κ3) is 4.53. The molecule has 1 heterocycles. The van der Waals surface area contributed by atoms with Crippen LogP contribution in [0.4, 0.5) is 5.69 Å². The van der Waals surface area contributed by atoms with Gasteiger partial charge in [0.05, 0.1) is 18.8 Å². The molecule has 3 rings (SSSR count). The highest BCUT2D eigenvalue weighted by atomic mass is 16.5. The van der Waals surface area contributed by atoms with Crippen LogP contribution in [0, 0.1) is 6.92 Å². The Morgan fingerprint density at radius 3 is 2.88 bits per heavy atom. The van der Waals surface area contributed by atoms with E-state index in [4.69, 9.17) is 9.47 Å². The highest BCUT2D eigenvalue weighted by molar-refractivity contribution is 5.95. The second-order valence-electron chi connectivity index (χ2n) is 6.45. The first-order valence-electron chi connectivity index (χ1n) is 8.86. The van der Waals surface area contributed by atoms with Crippen molar-refractivity contribution in [2.24, 2.45) is 0 Å². The first kappa shape index (κ1) is 17.3. The number of fused-ring (bicyclic) bond motifs is 1. The summed E-state index contributed by atoms with van der Waals surface area (Å²) in [6, 6.07) is 13.8. The van der Waals surface area contributed by atoms with Gasteiger partial charge in [-0.3, -0.25) is 4.79 Å². The minimum absolute atomic E-state index is 0.0832. The molecule has 4 heteroatoms. The van der Waals surface area contributed by atoms with Gasteiger partial charge in [0, 0.05) is 12.1 Å². The van der Waals surface area contributed by atoms with Crippen molar-refractivity contribution < 1.29 is 14.3 Å². The smallest absolute Gasteiger partial charge is 0.159 e. The van der Waals surface area contributed by atoms with Gasteiger partial charge in [0.2, 0.25) is 0 Å². The lowest BCUT2D eigenvalue weighted by molar-refractivity contribution is 0.101. The number of Topliss-reactive ketones (excluding diaryl/α,β-unsaturated/α-hetero) is 1. The molecule has 0 aromatic heterocycles. The van der Waals surface area contributed by atoms with Crippen LogP contribution < -0.4 is 14.4 Å². The van der Waals surface area contributed by atoms with E-state index in [9.17, 15) is 4.79 Å². The molecule has 0 amide bonds. The number of carbonyl (C=O) groups excluding carboxylic acids is 1.